The number of carbonyl (C=O) groups excluding carboxylic acids is 3. The Hall–Kier alpha value is -2.67. The molecule has 1 aromatic heterocycles. The van der Waals surface area contributed by atoms with E-state index >= 15 is 0 Å². The lowest BCUT2D eigenvalue weighted by atomic mass is 10.2. The summed E-state index contributed by atoms with van der Waals surface area (Å²) in [6.45, 7) is 1.70. The number of amides is 2. The van der Waals surface area contributed by atoms with Gasteiger partial charge in [0, 0.05) is 0 Å². The highest BCUT2D eigenvalue weighted by atomic mass is 32.1. The molecule has 1 heterocycles. The van der Waals surface area contributed by atoms with Gasteiger partial charge in [-0.25, -0.2) is 0 Å². The average Bonchev–Trinajstić information content (AvgIpc) is 3.12. The number of thiophene rings is 1. The summed E-state index contributed by atoms with van der Waals surface area (Å²) in [5.74, 6) is -1.30. The molecule has 0 saturated heterocycles. The second-order valence-corrected chi connectivity index (χ2v) is 6.03. The third-order valence-electron chi connectivity index (χ3n) is 3.10. The molecule has 0 aliphatic carbocycles. The van der Waals surface area contributed by atoms with Gasteiger partial charge in [-0.05, 0) is 23.9 Å². The van der Waals surface area contributed by atoms with Gasteiger partial charge in [-0.1, -0.05) is 35.9 Å². The van der Waals surface area contributed by atoms with E-state index in [4.69, 9.17) is 4.74 Å². The molecule has 126 valence electrons. The Morgan fingerprint density at radius 2 is 1.79 bits per heavy atom. The summed E-state index contributed by atoms with van der Waals surface area (Å²) in [7, 11) is 0. The molecule has 0 spiro atoms. The van der Waals surface area contributed by atoms with Gasteiger partial charge in [0.25, 0.3) is 5.91 Å². The normalized spacial score (nSPS) is 10.0. The second-order valence-electron chi connectivity index (χ2n) is 5.08. The number of hydrogen-bond donors (Lipinski definition) is 2. The van der Waals surface area contributed by atoms with Crippen molar-refractivity contribution < 1.29 is 19.1 Å². The second kappa shape index (κ2) is 8.83. The minimum absolute atomic E-state index is 0.157. The fourth-order valence-electron chi connectivity index (χ4n) is 1.79. The zero-order valence-electron chi connectivity index (χ0n) is 13.2. The number of nitrogens with one attached hydrogen (secondary N) is 2. The summed E-state index contributed by atoms with van der Waals surface area (Å²) in [4.78, 5) is 35.4. The van der Waals surface area contributed by atoms with E-state index in [1.54, 1.807) is 17.5 Å². The van der Waals surface area contributed by atoms with E-state index in [-0.39, 0.29) is 25.6 Å². The van der Waals surface area contributed by atoms with Crippen molar-refractivity contribution in [2.45, 2.75) is 13.5 Å². The first-order chi connectivity index (χ1) is 11.5. The monoisotopic (exact) mass is 346 g/mol. The number of benzene rings is 1. The highest BCUT2D eigenvalue weighted by Gasteiger charge is 2.10. The lowest BCUT2D eigenvalue weighted by Crippen LogP contribution is -2.39. The molecule has 7 heteroatoms. The topological polar surface area (TPSA) is 84.5 Å². The molecule has 0 aliphatic heterocycles. The van der Waals surface area contributed by atoms with Gasteiger partial charge in [0.05, 0.1) is 11.4 Å². The molecule has 0 atom stereocenters. The van der Waals surface area contributed by atoms with E-state index < -0.39 is 11.9 Å². The number of aryl methyl sites for hydroxylation is 1. The van der Waals surface area contributed by atoms with E-state index in [0.29, 0.717) is 4.88 Å². The molecule has 0 fully saturated rings. The molecule has 0 bridgehead atoms. The lowest BCUT2D eigenvalue weighted by Gasteiger charge is -2.07. The first kappa shape index (κ1) is 17.7. The Morgan fingerprint density at radius 1 is 1.04 bits per heavy atom. The minimum Gasteiger partial charge on any atom is -0.460 e. The Kier molecular flexibility index (Phi) is 6.51. The Labute approximate surface area is 143 Å². The van der Waals surface area contributed by atoms with Crippen LogP contribution in [-0.2, 0) is 20.9 Å². The maximum Gasteiger partial charge on any atom is 0.325 e. The lowest BCUT2D eigenvalue weighted by molar-refractivity contribution is -0.145. The SMILES string of the molecule is Cc1ccc(COC(=O)CNC(=O)CNC(=O)c2cccs2)cc1. The van der Waals surface area contributed by atoms with E-state index in [2.05, 4.69) is 10.6 Å². The van der Waals surface area contributed by atoms with E-state index in [1.807, 2.05) is 31.2 Å². The van der Waals surface area contributed by atoms with Crippen LogP contribution in [-0.4, -0.2) is 30.9 Å². The molecule has 0 radical (unpaired) electrons. The summed E-state index contributed by atoms with van der Waals surface area (Å²) in [5, 5.41) is 6.66. The summed E-state index contributed by atoms with van der Waals surface area (Å²) < 4.78 is 5.06. The number of carbonyl (C=O) groups is 3. The zero-order chi connectivity index (χ0) is 17.4. The van der Waals surface area contributed by atoms with Crippen LogP contribution in [0.15, 0.2) is 41.8 Å². The molecule has 0 aliphatic rings. The van der Waals surface area contributed by atoms with Gasteiger partial charge >= 0.3 is 5.97 Å². The average molecular weight is 346 g/mol. The molecular weight excluding hydrogens is 328 g/mol. The molecule has 6 nitrogen and oxygen atoms in total. The number of ether oxygens (including phenoxy) is 1. The molecular formula is C17H18N2O4S. The molecule has 0 saturated carbocycles. The summed E-state index contributed by atoms with van der Waals surface area (Å²) in [6.07, 6.45) is 0. The molecule has 2 rings (SSSR count). The van der Waals surface area contributed by atoms with Gasteiger partial charge in [-0.2, -0.15) is 0 Å². The Balaban J connectivity index is 1.63. The predicted molar refractivity (Wildman–Crippen MR) is 90.6 cm³/mol. The van der Waals surface area contributed by atoms with E-state index in [1.165, 1.54) is 11.3 Å². The number of esters is 1. The first-order valence-electron chi connectivity index (χ1n) is 7.34. The maximum atomic E-state index is 11.7. The highest BCUT2D eigenvalue weighted by molar-refractivity contribution is 7.12. The van der Waals surface area contributed by atoms with Crippen LogP contribution in [0.4, 0.5) is 0 Å². The molecule has 2 amide bonds. The molecule has 24 heavy (non-hydrogen) atoms. The fourth-order valence-corrected chi connectivity index (χ4v) is 2.43. The minimum atomic E-state index is -0.534. The van der Waals surface area contributed by atoms with Crippen LogP contribution >= 0.6 is 11.3 Å². The van der Waals surface area contributed by atoms with Crippen molar-refractivity contribution in [3.05, 3.63) is 57.8 Å². The fraction of sp³-hybridized carbons (Fsp3) is 0.235. The standard InChI is InChI=1S/C17H18N2O4S/c1-12-4-6-13(7-5-12)11-23-16(21)10-18-15(20)9-19-17(22)14-3-2-8-24-14/h2-8H,9-11H2,1H3,(H,18,20)(H,19,22). The van der Waals surface area contributed by atoms with Crippen LogP contribution in [0.25, 0.3) is 0 Å². The number of hydrogen-bond acceptors (Lipinski definition) is 5. The van der Waals surface area contributed by atoms with Crippen LogP contribution in [0.1, 0.15) is 20.8 Å². The van der Waals surface area contributed by atoms with Gasteiger partial charge in [0.2, 0.25) is 5.91 Å². The van der Waals surface area contributed by atoms with Crippen LogP contribution < -0.4 is 10.6 Å². The molecule has 1 aromatic carbocycles. The number of rotatable bonds is 7. The quantitative estimate of drug-likeness (QED) is 0.747. The highest BCUT2D eigenvalue weighted by Crippen LogP contribution is 2.07. The van der Waals surface area contributed by atoms with Crippen LogP contribution in [0.3, 0.4) is 0 Å². The van der Waals surface area contributed by atoms with E-state index in [9.17, 15) is 14.4 Å². The predicted octanol–water partition coefficient (Wildman–Crippen LogP) is 1.65. The third-order valence-corrected chi connectivity index (χ3v) is 3.97. The van der Waals surface area contributed by atoms with Gasteiger partial charge in [0.15, 0.2) is 0 Å². The van der Waals surface area contributed by atoms with Crippen LogP contribution in [0, 0.1) is 6.92 Å². The summed E-state index contributed by atoms with van der Waals surface area (Å²) in [6, 6.07) is 11.0. The maximum absolute atomic E-state index is 11.7. The van der Waals surface area contributed by atoms with Crippen molar-refractivity contribution in [1.29, 1.82) is 0 Å². The van der Waals surface area contributed by atoms with Crippen molar-refractivity contribution in [2.75, 3.05) is 13.1 Å². The van der Waals surface area contributed by atoms with Crippen LogP contribution in [0.5, 0.6) is 0 Å². The smallest absolute Gasteiger partial charge is 0.325 e. The Morgan fingerprint density at radius 3 is 2.46 bits per heavy atom. The summed E-state index contributed by atoms with van der Waals surface area (Å²) >= 11 is 1.29. The van der Waals surface area contributed by atoms with Crippen molar-refractivity contribution in [2.24, 2.45) is 0 Å². The zero-order valence-corrected chi connectivity index (χ0v) is 14.0. The molecule has 2 aromatic rings. The van der Waals surface area contributed by atoms with Crippen LogP contribution in [0.2, 0.25) is 0 Å². The third kappa shape index (κ3) is 5.85. The van der Waals surface area contributed by atoms with Gasteiger partial charge in [0.1, 0.15) is 13.2 Å². The molecule has 0 unspecified atom stereocenters. The Bertz CT molecular complexity index is 696. The van der Waals surface area contributed by atoms with Crippen molar-refractivity contribution in [3.63, 3.8) is 0 Å². The first-order valence-corrected chi connectivity index (χ1v) is 8.22. The van der Waals surface area contributed by atoms with Crippen molar-refractivity contribution in [3.8, 4) is 0 Å². The van der Waals surface area contributed by atoms with E-state index in [0.717, 1.165) is 11.1 Å². The largest absolute Gasteiger partial charge is 0.460 e. The summed E-state index contributed by atoms with van der Waals surface area (Å²) in [5.41, 5.74) is 2.01. The van der Waals surface area contributed by atoms with Crippen molar-refractivity contribution >= 4 is 29.1 Å². The van der Waals surface area contributed by atoms with Gasteiger partial charge < -0.3 is 15.4 Å². The molecule has 2 N–H and O–H groups in total. The van der Waals surface area contributed by atoms with Gasteiger partial charge in [-0.15, -0.1) is 11.3 Å². The van der Waals surface area contributed by atoms with Crippen molar-refractivity contribution in [1.82, 2.24) is 10.6 Å². The van der Waals surface area contributed by atoms with Gasteiger partial charge in [-0.3, -0.25) is 14.4 Å².